The fourth-order valence-corrected chi connectivity index (χ4v) is 2.78. The van der Waals surface area contributed by atoms with Crippen LogP contribution in [0.1, 0.15) is 0 Å². The third kappa shape index (κ3) is 1.96. The SMILES string of the molecule is OCC12COCCN1CCN(c1cnccn1)C2. The number of hydrogen-bond acceptors (Lipinski definition) is 6. The molecule has 6 heteroatoms. The smallest absolute Gasteiger partial charge is 0.147 e. The zero-order chi connectivity index (χ0) is 12.4. The summed E-state index contributed by atoms with van der Waals surface area (Å²) in [5.41, 5.74) is -0.284. The van der Waals surface area contributed by atoms with Crippen molar-refractivity contribution in [2.24, 2.45) is 0 Å². The maximum atomic E-state index is 9.76. The number of morpholine rings is 1. The molecule has 6 nitrogen and oxygen atoms in total. The molecular formula is C12H18N4O2. The summed E-state index contributed by atoms with van der Waals surface area (Å²) in [6.07, 6.45) is 5.14. The van der Waals surface area contributed by atoms with Gasteiger partial charge in [0.15, 0.2) is 0 Å². The second-order valence-corrected chi connectivity index (χ2v) is 4.91. The van der Waals surface area contributed by atoms with Crippen molar-refractivity contribution in [2.75, 3.05) is 50.9 Å². The van der Waals surface area contributed by atoms with Crippen molar-refractivity contribution in [2.45, 2.75) is 5.54 Å². The summed E-state index contributed by atoms with van der Waals surface area (Å²) in [5.74, 6) is 0.871. The van der Waals surface area contributed by atoms with Gasteiger partial charge in [-0.2, -0.15) is 0 Å². The van der Waals surface area contributed by atoms with Crippen LogP contribution in [0.25, 0.3) is 0 Å². The molecule has 0 aliphatic carbocycles. The topological polar surface area (TPSA) is 61.7 Å². The third-order valence-electron chi connectivity index (χ3n) is 3.84. The Balaban J connectivity index is 1.81. The fourth-order valence-electron chi connectivity index (χ4n) is 2.78. The number of ether oxygens (including phenoxy) is 1. The summed E-state index contributed by atoms with van der Waals surface area (Å²) in [4.78, 5) is 12.9. The maximum absolute atomic E-state index is 9.76. The molecule has 18 heavy (non-hydrogen) atoms. The molecule has 1 aromatic rings. The van der Waals surface area contributed by atoms with Crippen molar-refractivity contribution in [3.05, 3.63) is 18.6 Å². The Morgan fingerprint density at radius 2 is 2.28 bits per heavy atom. The van der Waals surface area contributed by atoms with Crippen LogP contribution in [0.5, 0.6) is 0 Å². The number of aliphatic hydroxyl groups is 1. The van der Waals surface area contributed by atoms with E-state index in [-0.39, 0.29) is 12.1 Å². The highest BCUT2D eigenvalue weighted by Crippen LogP contribution is 2.26. The number of rotatable bonds is 2. The molecule has 2 aliphatic heterocycles. The minimum atomic E-state index is -0.284. The Morgan fingerprint density at radius 3 is 3.06 bits per heavy atom. The Hall–Kier alpha value is -1.24. The maximum Gasteiger partial charge on any atom is 0.147 e. The normalized spacial score (nSPS) is 29.1. The Labute approximate surface area is 106 Å². The van der Waals surface area contributed by atoms with Crippen molar-refractivity contribution in [3.63, 3.8) is 0 Å². The van der Waals surface area contributed by atoms with E-state index in [1.165, 1.54) is 0 Å². The van der Waals surface area contributed by atoms with Crippen LogP contribution < -0.4 is 4.90 Å². The zero-order valence-electron chi connectivity index (χ0n) is 10.3. The molecule has 2 fully saturated rings. The van der Waals surface area contributed by atoms with E-state index in [0.29, 0.717) is 6.61 Å². The quantitative estimate of drug-likeness (QED) is 0.753. The third-order valence-corrected chi connectivity index (χ3v) is 3.84. The van der Waals surface area contributed by atoms with Gasteiger partial charge in [-0.05, 0) is 0 Å². The van der Waals surface area contributed by atoms with Crippen molar-refractivity contribution in [1.82, 2.24) is 14.9 Å². The number of hydrogen-bond donors (Lipinski definition) is 1. The lowest BCUT2D eigenvalue weighted by Crippen LogP contribution is -2.69. The molecule has 2 aliphatic rings. The van der Waals surface area contributed by atoms with E-state index in [2.05, 4.69) is 19.8 Å². The summed E-state index contributed by atoms with van der Waals surface area (Å²) >= 11 is 0. The fraction of sp³-hybridized carbons (Fsp3) is 0.667. The van der Waals surface area contributed by atoms with Gasteiger partial charge in [0.1, 0.15) is 5.82 Å². The molecule has 0 saturated carbocycles. The molecule has 3 heterocycles. The lowest BCUT2D eigenvalue weighted by Gasteiger charge is -2.52. The van der Waals surface area contributed by atoms with Gasteiger partial charge in [-0.3, -0.25) is 9.88 Å². The molecule has 0 aromatic carbocycles. The molecule has 0 spiro atoms. The van der Waals surface area contributed by atoms with Crippen molar-refractivity contribution in [1.29, 1.82) is 0 Å². The molecule has 1 unspecified atom stereocenters. The van der Waals surface area contributed by atoms with Crippen LogP contribution in [0, 0.1) is 0 Å². The summed E-state index contributed by atoms with van der Waals surface area (Å²) < 4.78 is 5.55. The number of piperazine rings is 1. The van der Waals surface area contributed by atoms with E-state index in [1.54, 1.807) is 18.6 Å². The summed E-state index contributed by atoms with van der Waals surface area (Å²) in [5, 5.41) is 9.76. The van der Waals surface area contributed by atoms with Crippen LogP contribution in [-0.4, -0.2) is 71.5 Å². The lowest BCUT2D eigenvalue weighted by atomic mass is 9.94. The molecule has 3 rings (SSSR count). The van der Waals surface area contributed by atoms with Gasteiger partial charge in [0.25, 0.3) is 0 Å². The van der Waals surface area contributed by atoms with Crippen LogP contribution in [0.3, 0.4) is 0 Å². The molecule has 98 valence electrons. The molecule has 0 bridgehead atoms. The number of aliphatic hydroxyl groups excluding tert-OH is 1. The lowest BCUT2D eigenvalue weighted by molar-refractivity contribution is -0.0951. The van der Waals surface area contributed by atoms with Crippen LogP contribution in [0.2, 0.25) is 0 Å². The van der Waals surface area contributed by atoms with E-state index in [1.807, 2.05) is 0 Å². The van der Waals surface area contributed by atoms with Crippen molar-refractivity contribution in [3.8, 4) is 0 Å². The van der Waals surface area contributed by atoms with E-state index in [0.717, 1.165) is 38.6 Å². The van der Waals surface area contributed by atoms with Gasteiger partial charge in [0, 0.05) is 38.6 Å². The Morgan fingerprint density at radius 1 is 1.33 bits per heavy atom. The van der Waals surface area contributed by atoms with Crippen LogP contribution in [0.4, 0.5) is 5.82 Å². The highest BCUT2D eigenvalue weighted by molar-refractivity contribution is 5.37. The first-order valence-corrected chi connectivity index (χ1v) is 6.29. The van der Waals surface area contributed by atoms with Crippen molar-refractivity contribution < 1.29 is 9.84 Å². The number of aromatic nitrogens is 2. The molecular weight excluding hydrogens is 232 g/mol. The molecule has 1 aromatic heterocycles. The highest BCUT2D eigenvalue weighted by atomic mass is 16.5. The van der Waals surface area contributed by atoms with Crippen LogP contribution in [-0.2, 0) is 4.74 Å². The minimum absolute atomic E-state index is 0.115. The van der Waals surface area contributed by atoms with Gasteiger partial charge in [-0.25, -0.2) is 4.98 Å². The summed E-state index contributed by atoms with van der Waals surface area (Å²) in [7, 11) is 0. The van der Waals surface area contributed by atoms with Gasteiger partial charge in [-0.15, -0.1) is 0 Å². The molecule has 1 atom stereocenters. The molecule has 1 N–H and O–H groups in total. The Kier molecular flexibility index (Phi) is 3.15. The van der Waals surface area contributed by atoms with E-state index in [9.17, 15) is 5.11 Å². The molecule has 0 radical (unpaired) electrons. The predicted octanol–water partition coefficient (Wildman–Crippen LogP) is -0.640. The minimum Gasteiger partial charge on any atom is -0.394 e. The second kappa shape index (κ2) is 4.79. The van der Waals surface area contributed by atoms with Gasteiger partial charge >= 0.3 is 0 Å². The summed E-state index contributed by atoms with van der Waals surface area (Å²) in [6, 6.07) is 0. The average molecular weight is 250 g/mol. The second-order valence-electron chi connectivity index (χ2n) is 4.91. The molecule has 0 amide bonds. The van der Waals surface area contributed by atoms with E-state index < -0.39 is 0 Å². The van der Waals surface area contributed by atoms with Crippen LogP contribution >= 0.6 is 0 Å². The van der Waals surface area contributed by atoms with Crippen molar-refractivity contribution >= 4 is 5.82 Å². The first kappa shape index (κ1) is 11.8. The largest absolute Gasteiger partial charge is 0.394 e. The van der Waals surface area contributed by atoms with Gasteiger partial charge in [-0.1, -0.05) is 0 Å². The van der Waals surface area contributed by atoms with Gasteiger partial charge < -0.3 is 14.7 Å². The Bertz CT molecular complexity index is 402. The zero-order valence-corrected chi connectivity index (χ0v) is 10.3. The van der Waals surface area contributed by atoms with E-state index >= 15 is 0 Å². The number of anilines is 1. The number of nitrogens with zero attached hydrogens (tertiary/aromatic N) is 4. The first-order chi connectivity index (χ1) is 8.84. The van der Waals surface area contributed by atoms with Crippen LogP contribution in [0.15, 0.2) is 18.6 Å². The predicted molar refractivity (Wildman–Crippen MR) is 66.5 cm³/mol. The van der Waals surface area contributed by atoms with Gasteiger partial charge in [0.2, 0.25) is 0 Å². The standard InChI is InChI=1S/C12H18N4O2/c17-9-12-8-15(11-7-13-1-2-14-11)3-4-16(12)5-6-18-10-12/h1-2,7,17H,3-6,8-10H2. The summed E-state index contributed by atoms with van der Waals surface area (Å²) in [6.45, 7) is 4.94. The monoisotopic (exact) mass is 250 g/mol. The number of fused-ring (bicyclic) bond motifs is 1. The molecule has 2 saturated heterocycles. The highest BCUT2D eigenvalue weighted by Gasteiger charge is 2.43. The average Bonchev–Trinajstić information content (AvgIpc) is 2.47. The first-order valence-electron chi connectivity index (χ1n) is 6.29. The van der Waals surface area contributed by atoms with E-state index in [4.69, 9.17) is 4.74 Å². The van der Waals surface area contributed by atoms with Gasteiger partial charge in [0.05, 0.1) is 31.6 Å².